The lowest BCUT2D eigenvalue weighted by molar-refractivity contribution is -0.119. The third kappa shape index (κ3) is 6.87. The molecule has 0 radical (unpaired) electrons. The number of aldehydes is 1. The van der Waals surface area contributed by atoms with E-state index in [0.29, 0.717) is 37.1 Å². The molecule has 3 aliphatic rings. The lowest BCUT2D eigenvalue weighted by Gasteiger charge is -2.37. The number of nitrogens with zero attached hydrogens (tertiary/aromatic N) is 2. The van der Waals surface area contributed by atoms with Crippen LogP contribution >= 0.6 is 23.5 Å². The van der Waals surface area contributed by atoms with Gasteiger partial charge < -0.3 is 25.1 Å². The first-order valence-corrected chi connectivity index (χ1v) is 13.2. The average molecular weight is 526 g/mol. The van der Waals surface area contributed by atoms with Crippen molar-refractivity contribution in [2.75, 3.05) is 42.5 Å². The van der Waals surface area contributed by atoms with Gasteiger partial charge in [-0.3, -0.25) is 19.8 Å². The summed E-state index contributed by atoms with van der Waals surface area (Å²) < 4.78 is 20.3. The molecule has 2 amide bonds. The highest BCUT2D eigenvalue weighted by Crippen LogP contribution is 2.34. The minimum atomic E-state index is -0.602. The summed E-state index contributed by atoms with van der Waals surface area (Å²) >= 11 is 2.01. The number of rotatable bonds is 9. The predicted octanol–water partition coefficient (Wildman–Crippen LogP) is 1.89. The summed E-state index contributed by atoms with van der Waals surface area (Å²) in [5.41, 5.74) is 0.684. The first-order valence-electron chi connectivity index (χ1n) is 11.4. The van der Waals surface area contributed by atoms with Gasteiger partial charge in [-0.15, -0.1) is 0 Å². The molecule has 3 unspecified atom stereocenters. The van der Waals surface area contributed by atoms with Gasteiger partial charge in [-0.25, -0.2) is 9.18 Å². The smallest absolute Gasteiger partial charge is 0.414 e. The van der Waals surface area contributed by atoms with Crippen molar-refractivity contribution in [2.45, 2.75) is 42.7 Å². The second-order valence-electron chi connectivity index (χ2n) is 8.52. The molecule has 35 heavy (non-hydrogen) atoms. The molecule has 4 rings (SSSR count). The van der Waals surface area contributed by atoms with Crippen LogP contribution in [0.25, 0.3) is 0 Å². The first kappa shape index (κ1) is 25.7. The van der Waals surface area contributed by atoms with Crippen LogP contribution < -0.4 is 25.8 Å². The highest BCUT2D eigenvalue weighted by molar-refractivity contribution is 8.39. The molecular weight excluding hydrogens is 497 g/mol. The van der Waals surface area contributed by atoms with E-state index in [9.17, 15) is 19.2 Å². The maximum Gasteiger partial charge on any atom is 0.414 e. The number of piperazine rings is 1. The minimum absolute atomic E-state index is 0.186. The van der Waals surface area contributed by atoms with E-state index in [4.69, 9.17) is 4.74 Å². The number of carbonyl (C=O) groups excluding carboxylic acids is 4. The molecule has 3 fully saturated rings. The fourth-order valence-electron chi connectivity index (χ4n) is 3.88. The average Bonchev–Trinajstić information content (AvgIpc) is 3.56. The van der Waals surface area contributed by atoms with Crippen molar-refractivity contribution in [2.24, 2.45) is 0 Å². The van der Waals surface area contributed by atoms with Gasteiger partial charge in [-0.05, 0) is 54.6 Å². The van der Waals surface area contributed by atoms with Crippen molar-refractivity contribution in [3.63, 3.8) is 0 Å². The lowest BCUT2D eigenvalue weighted by Crippen LogP contribution is -2.50. The van der Waals surface area contributed by atoms with Crippen molar-refractivity contribution in [3.05, 3.63) is 24.0 Å². The van der Waals surface area contributed by atoms with E-state index in [1.54, 1.807) is 12.1 Å². The van der Waals surface area contributed by atoms with E-state index >= 15 is 4.39 Å². The predicted molar refractivity (Wildman–Crippen MR) is 133 cm³/mol. The van der Waals surface area contributed by atoms with Gasteiger partial charge in [0.25, 0.3) is 0 Å². The molecule has 2 heterocycles. The molecule has 0 bridgehead atoms. The number of benzene rings is 1. The van der Waals surface area contributed by atoms with Gasteiger partial charge in [-0.1, -0.05) is 0 Å². The Kier molecular flexibility index (Phi) is 8.52. The van der Waals surface area contributed by atoms with Crippen molar-refractivity contribution >= 4 is 57.6 Å². The Balaban J connectivity index is 1.40. The molecule has 0 aromatic heterocycles. The Morgan fingerprint density at radius 2 is 2.17 bits per heavy atom. The number of hydrogen-bond donors (Lipinski definition) is 3. The second kappa shape index (κ2) is 11.6. The molecule has 2 saturated heterocycles. The SMILES string of the molecule is CC(=O)NCC1CN(c2ccc(N3CCNCC3SC(=O)SC(C=O)NC3CC3)c(F)c2)C(=O)O1. The van der Waals surface area contributed by atoms with Gasteiger partial charge in [0.2, 0.25) is 10.4 Å². The summed E-state index contributed by atoms with van der Waals surface area (Å²) in [5.74, 6) is -0.745. The van der Waals surface area contributed by atoms with Crippen LogP contribution in [0.15, 0.2) is 18.2 Å². The summed E-state index contributed by atoms with van der Waals surface area (Å²) in [6, 6.07) is 4.81. The van der Waals surface area contributed by atoms with Crippen molar-refractivity contribution in [1.29, 1.82) is 0 Å². The first-order chi connectivity index (χ1) is 16.8. The Morgan fingerprint density at radius 3 is 2.86 bits per heavy atom. The number of amides is 2. The molecule has 13 heteroatoms. The topological polar surface area (TPSA) is 120 Å². The Labute approximate surface area is 211 Å². The van der Waals surface area contributed by atoms with Crippen LogP contribution in [0.3, 0.4) is 0 Å². The third-order valence-corrected chi connectivity index (χ3v) is 7.91. The van der Waals surface area contributed by atoms with E-state index in [1.807, 2.05) is 4.90 Å². The molecule has 3 N–H and O–H groups in total. The maximum absolute atomic E-state index is 15.2. The largest absolute Gasteiger partial charge is 0.442 e. The zero-order chi connectivity index (χ0) is 24.9. The zero-order valence-corrected chi connectivity index (χ0v) is 20.8. The molecule has 1 aromatic rings. The van der Waals surface area contributed by atoms with Crippen LogP contribution in [0.2, 0.25) is 0 Å². The summed E-state index contributed by atoms with van der Waals surface area (Å²) in [4.78, 5) is 50.5. The number of anilines is 2. The van der Waals surface area contributed by atoms with Crippen molar-refractivity contribution in [1.82, 2.24) is 16.0 Å². The van der Waals surface area contributed by atoms with Crippen molar-refractivity contribution < 1.29 is 28.3 Å². The second-order valence-corrected chi connectivity index (χ2v) is 11.0. The van der Waals surface area contributed by atoms with Crippen molar-refractivity contribution in [3.8, 4) is 0 Å². The number of nitrogens with one attached hydrogen (secondary N) is 3. The van der Waals surface area contributed by atoms with Crippen LogP contribution in [0.5, 0.6) is 0 Å². The van der Waals surface area contributed by atoms with Gasteiger partial charge >= 0.3 is 6.09 Å². The highest BCUT2D eigenvalue weighted by Gasteiger charge is 2.34. The molecule has 1 saturated carbocycles. The molecule has 3 atom stereocenters. The van der Waals surface area contributed by atoms with E-state index in [2.05, 4.69) is 16.0 Å². The van der Waals surface area contributed by atoms with E-state index < -0.39 is 23.4 Å². The molecule has 0 spiro atoms. The standard InChI is InChI=1S/C22H28FN5O5S2/c1-13(30)25-9-16-11-28(21(31)33-16)15-4-5-18(17(23)8-15)27-7-6-24-10-20(27)35-22(32)34-19(12-29)26-14-2-3-14/h4-5,8,12,14,16,19-20,24,26H,2-3,6-7,9-11H2,1H3,(H,25,30). The third-order valence-electron chi connectivity index (χ3n) is 5.76. The zero-order valence-electron chi connectivity index (χ0n) is 19.2. The van der Waals surface area contributed by atoms with E-state index in [0.717, 1.165) is 42.7 Å². The van der Waals surface area contributed by atoms with Gasteiger partial charge in [0.1, 0.15) is 23.6 Å². The van der Waals surface area contributed by atoms with Crippen LogP contribution in [0.4, 0.5) is 25.4 Å². The summed E-state index contributed by atoms with van der Waals surface area (Å²) in [5, 5.41) is 8.02. The van der Waals surface area contributed by atoms with Gasteiger partial charge in [0.15, 0.2) is 0 Å². The Morgan fingerprint density at radius 1 is 1.37 bits per heavy atom. The molecule has 2 aliphatic heterocycles. The number of cyclic esters (lactones) is 1. The van der Waals surface area contributed by atoms with E-state index in [-0.39, 0.29) is 28.8 Å². The molecule has 1 aromatic carbocycles. The van der Waals surface area contributed by atoms with Crippen LogP contribution in [0.1, 0.15) is 19.8 Å². The highest BCUT2D eigenvalue weighted by atomic mass is 32.2. The number of hydrogen-bond acceptors (Lipinski definition) is 10. The fourth-order valence-corrected chi connectivity index (χ4v) is 6.04. The number of halogens is 1. The number of carbonyl (C=O) groups is 4. The molecular formula is C22H28FN5O5S2. The molecule has 190 valence electrons. The number of thioether (sulfide) groups is 2. The number of ether oxygens (including phenoxy) is 1. The Hall–Kier alpha value is -2.35. The summed E-state index contributed by atoms with van der Waals surface area (Å²) in [7, 11) is 0. The van der Waals surface area contributed by atoms with Crippen LogP contribution in [-0.2, 0) is 14.3 Å². The fraction of sp³-hybridized carbons (Fsp3) is 0.545. The van der Waals surface area contributed by atoms with Gasteiger partial charge in [0.05, 0.1) is 29.8 Å². The van der Waals surface area contributed by atoms with Crippen LogP contribution in [0, 0.1) is 5.82 Å². The van der Waals surface area contributed by atoms with Gasteiger partial charge in [0, 0.05) is 32.6 Å². The molecule has 10 nitrogen and oxygen atoms in total. The maximum atomic E-state index is 15.2. The quantitative estimate of drug-likeness (QED) is 0.326. The summed E-state index contributed by atoms with van der Waals surface area (Å²) in [6.45, 7) is 3.36. The lowest BCUT2D eigenvalue weighted by atomic mass is 10.2. The van der Waals surface area contributed by atoms with E-state index in [1.165, 1.54) is 17.9 Å². The monoisotopic (exact) mass is 525 g/mol. The van der Waals surface area contributed by atoms with Crippen LogP contribution in [-0.4, -0.2) is 78.4 Å². The minimum Gasteiger partial charge on any atom is -0.442 e. The van der Waals surface area contributed by atoms with Gasteiger partial charge in [-0.2, -0.15) is 0 Å². The Bertz CT molecular complexity index is 982. The summed E-state index contributed by atoms with van der Waals surface area (Å²) in [6.07, 6.45) is 1.63. The molecule has 1 aliphatic carbocycles. The normalized spacial score (nSPS) is 23.1.